The van der Waals surface area contributed by atoms with E-state index < -0.39 is 11.6 Å². The SMILES string of the molecule is CC(NCc1cc(Br)cs1)c1ccc(F)c(F)c1. The molecule has 18 heavy (non-hydrogen) atoms. The molecule has 0 aliphatic carbocycles. The summed E-state index contributed by atoms with van der Waals surface area (Å²) in [4.78, 5) is 1.19. The number of hydrogen-bond acceptors (Lipinski definition) is 2. The van der Waals surface area contributed by atoms with Crippen LogP contribution in [0.4, 0.5) is 8.78 Å². The smallest absolute Gasteiger partial charge is 0.159 e. The predicted octanol–water partition coefficient (Wildman–Crippen LogP) is 4.64. The minimum Gasteiger partial charge on any atom is -0.305 e. The maximum absolute atomic E-state index is 13.1. The minimum atomic E-state index is -0.812. The van der Waals surface area contributed by atoms with E-state index in [1.165, 1.54) is 10.9 Å². The van der Waals surface area contributed by atoms with Crippen molar-refractivity contribution in [3.8, 4) is 0 Å². The second-order valence-electron chi connectivity index (χ2n) is 4.01. The van der Waals surface area contributed by atoms with Crippen LogP contribution < -0.4 is 5.32 Å². The Morgan fingerprint density at radius 3 is 2.67 bits per heavy atom. The first-order valence-electron chi connectivity index (χ1n) is 5.47. The first kappa shape index (κ1) is 13.6. The molecule has 0 saturated carbocycles. The minimum absolute atomic E-state index is 0.0269. The zero-order valence-corrected chi connectivity index (χ0v) is 12.1. The number of benzene rings is 1. The second kappa shape index (κ2) is 5.91. The van der Waals surface area contributed by atoms with E-state index in [-0.39, 0.29) is 6.04 Å². The third-order valence-corrected chi connectivity index (χ3v) is 4.35. The van der Waals surface area contributed by atoms with Gasteiger partial charge in [0.25, 0.3) is 0 Å². The fourth-order valence-corrected chi connectivity index (χ4v) is 3.00. The molecule has 5 heteroatoms. The van der Waals surface area contributed by atoms with E-state index in [0.717, 1.165) is 16.1 Å². The van der Waals surface area contributed by atoms with Crippen LogP contribution >= 0.6 is 27.3 Å². The molecule has 1 atom stereocenters. The van der Waals surface area contributed by atoms with Crippen molar-refractivity contribution in [3.05, 3.63) is 56.2 Å². The molecule has 1 N–H and O–H groups in total. The second-order valence-corrected chi connectivity index (χ2v) is 5.92. The lowest BCUT2D eigenvalue weighted by Crippen LogP contribution is -2.17. The van der Waals surface area contributed by atoms with Crippen molar-refractivity contribution >= 4 is 27.3 Å². The van der Waals surface area contributed by atoms with Crippen molar-refractivity contribution in [2.75, 3.05) is 0 Å². The van der Waals surface area contributed by atoms with Gasteiger partial charge in [-0.1, -0.05) is 6.07 Å². The van der Waals surface area contributed by atoms with Crippen LogP contribution in [0.1, 0.15) is 23.4 Å². The van der Waals surface area contributed by atoms with Crippen LogP contribution in [0.3, 0.4) is 0 Å². The topological polar surface area (TPSA) is 12.0 Å². The summed E-state index contributed by atoms with van der Waals surface area (Å²) in [5.41, 5.74) is 0.740. The molecule has 1 nitrogen and oxygen atoms in total. The lowest BCUT2D eigenvalue weighted by atomic mass is 10.1. The van der Waals surface area contributed by atoms with E-state index in [2.05, 4.69) is 21.2 Å². The third-order valence-electron chi connectivity index (χ3n) is 2.65. The Hall–Kier alpha value is -0.780. The highest BCUT2D eigenvalue weighted by molar-refractivity contribution is 9.10. The van der Waals surface area contributed by atoms with Crippen molar-refractivity contribution < 1.29 is 8.78 Å². The number of hydrogen-bond donors (Lipinski definition) is 1. The summed E-state index contributed by atoms with van der Waals surface area (Å²) in [6, 6.07) is 6.00. The quantitative estimate of drug-likeness (QED) is 0.860. The van der Waals surface area contributed by atoms with Crippen molar-refractivity contribution in [2.24, 2.45) is 0 Å². The Morgan fingerprint density at radius 1 is 1.28 bits per heavy atom. The molecule has 1 aromatic carbocycles. The van der Waals surface area contributed by atoms with E-state index in [9.17, 15) is 8.78 Å². The standard InChI is InChI=1S/C13H12BrF2NS/c1-8(9-2-3-12(15)13(16)4-9)17-6-11-5-10(14)7-18-11/h2-5,7-8,17H,6H2,1H3. The van der Waals surface area contributed by atoms with E-state index in [1.54, 1.807) is 17.4 Å². The normalized spacial score (nSPS) is 12.7. The van der Waals surface area contributed by atoms with Crippen molar-refractivity contribution in [1.29, 1.82) is 0 Å². The summed E-state index contributed by atoms with van der Waals surface area (Å²) in [6.45, 7) is 2.63. The van der Waals surface area contributed by atoms with E-state index in [4.69, 9.17) is 0 Å². The molecule has 2 rings (SSSR count). The van der Waals surface area contributed by atoms with Crippen molar-refractivity contribution in [3.63, 3.8) is 0 Å². The van der Waals surface area contributed by atoms with Crippen LogP contribution in [0, 0.1) is 11.6 Å². The lowest BCUT2D eigenvalue weighted by Gasteiger charge is -2.13. The van der Waals surface area contributed by atoms with Gasteiger partial charge < -0.3 is 5.32 Å². The molecular formula is C13H12BrF2NS. The monoisotopic (exact) mass is 331 g/mol. The van der Waals surface area contributed by atoms with Gasteiger partial charge in [0, 0.05) is 27.3 Å². The molecule has 0 aliphatic heterocycles. The molecule has 0 bridgehead atoms. The van der Waals surface area contributed by atoms with Gasteiger partial charge in [-0.05, 0) is 46.6 Å². The van der Waals surface area contributed by atoms with Crippen LogP contribution in [-0.2, 0) is 6.54 Å². The highest BCUT2D eigenvalue weighted by atomic mass is 79.9. The van der Waals surface area contributed by atoms with Gasteiger partial charge in [0.1, 0.15) is 0 Å². The van der Waals surface area contributed by atoms with Gasteiger partial charge in [0.15, 0.2) is 11.6 Å². The maximum Gasteiger partial charge on any atom is 0.159 e. The Bertz CT molecular complexity index is 542. The first-order chi connectivity index (χ1) is 8.56. The lowest BCUT2D eigenvalue weighted by molar-refractivity contribution is 0.501. The average molecular weight is 332 g/mol. The van der Waals surface area contributed by atoms with Gasteiger partial charge >= 0.3 is 0 Å². The van der Waals surface area contributed by atoms with Crippen molar-refractivity contribution in [2.45, 2.75) is 19.5 Å². The molecule has 1 heterocycles. The number of thiophene rings is 1. The van der Waals surface area contributed by atoms with Crippen LogP contribution in [0.15, 0.2) is 34.1 Å². The van der Waals surface area contributed by atoms with Crippen LogP contribution in [0.2, 0.25) is 0 Å². The number of rotatable bonds is 4. The van der Waals surface area contributed by atoms with Gasteiger partial charge in [-0.25, -0.2) is 8.78 Å². The first-order valence-corrected chi connectivity index (χ1v) is 7.15. The largest absolute Gasteiger partial charge is 0.305 e. The summed E-state index contributed by atoms with van der Waals surface area (Å²) in [6.07, 6.45) is 0. The molecule has 96 valence electrons. The zero-order valence-electron chi connectivity index (χ0n) is 9.71. The molecule has 0 aliphatic rings. The average Bonchev–Trinajstić information content (AvgIpc) is 2.75. The molecule has 0 saturated heterocycles. The fourth-order valence-electron chi connectivity index (χ4n) is 1.60. The molecular weight excluding hydrogens is 320 g/mol. The molecule has 0 amide bonds. The molecule has 0 spiro atoms. The Kier molecular flexibility index (Phi) is 4.48. The van der Waals surface area contributed by atoms with E-state index >= 15 is 0 Å². The fraction of sp³-hybridized carbons (Fsp3) is 0.231. The number of nitrogens with one attached hydrogen (secondary N) is 1. The Morgan fingerprint density at radius 2 is 2.06 bits per heavy atom. The van der Waals surface area contributed by atoms with Crippen molar-refractivity contribution in [1.82, 2.24) is 5.32 Å². The summed E-state index contributed by atoms with van der Waals surface area (Å²) in [5, 5.41) is 5.29. The molecule has 1 aromatic heterocycles. The summed E-state index contributed by atoms with van der Waals surface area (Å²) >= 11 is 5.04. The molecule has 0 fully saturated rings. The van der Waals surface area contributed by atoms with Gasteiger partial charge in [0.05, 0.1) is 0 Å². The van der Waals surface area contributed by atoms with Crippen LogP contribution in [0.25, 0.3) is 0 Å². The zero-order chi connectivity index (χ0) is 13.1. The van der Waals surface area contributed by atoms with E-state index in [1.807, 2.05) is 18.4 Å². The third kappa shape index (κ3) is 3.37. The van der Waals surface area contributed by atoms with Gasteiger partial charge in [0.2, 0.25) is 0 Å². The van der Waals surface area contributed by atoms with E-state index in [0.29, 0.717) is 6.54 Å². The maximum atomic E-state index is 13.1. The highest BCUT2D eigenvalue weighted by Crippen LogP contribution is 2.21. The Labute approximate surface area is 117 Å². The molecule has 1 unspecified atom stereocenters. The van der Waals surface area contributed by atoms with Crippen LogP contribution in [-0.4, -0.2) is 0 Å². The predicted molar refractivity (Wildman–Crippen MR) is 73.6 cm³/mol. The van der Waals surface area contributed by atoms with Gasteiger partial charge in [-0.2, -0.15) is 0 Å². The van der Waals surface area contributed by atoms with Gasteiger partial charge in [-0.15, -0.1) is 11.3 Å². The Balaban J connectivity index is 1.99. The summed E-state index contributed by atoms with van der Waals surface area (Å²) in [7, 11) is 0. The van der Waals surface area contributed by atoms with Crippen LogP contribution in [0.5, 0.6) is 0 Å². The molecule has 0 radical (unpaired) electrons. The molecule has 2 aromatic rings. The number of halogens is 3. The van der Waals surface area contributed by atoms with Gasteiger partial charge in [-0.3, -0.25) is 0 Å². The summed E-state index contributed by atoms with van der Waals surface area (Å²) < 4.78 is 27.0. The highest BCUT2D eigenvalue weighted by Gasteiger charge is 2.09. The summed E-state index contributed by atoms with van der Waals surface area (Å²) in [5.74, 6) is -1.62.